The van der Waals surface area contributed by atoms with Gasteiger partial charge in [0.2, 0.25) is 0 Å². The number of anilines is 1. The molecule has 0 amide bonds. The van der Waals surface area contributed by atoms with Crippen molar-refractivity contribution >= 4 is 5.82 Å². The Morgan fingerprint density at radius 1 is 1.20 bits per heavy atom. The highest BCUT2D eigenvalue weighted by Crippen LogP contribution is 2.08. The molecule has 15 heavy (non-hydrogen) atoms. The van der Waals surface area contributed by atoms with E-state index in [0.717, 1.165) is 18.7 Å². The maximum absolute atomic E-state index is 4.11. The number of aryl methyl sites for hydroxylation is 2. The second-order valence-corrected chi connectivity index (χ2v) is 3.51. The average molecular weight is 201 g/mol. The summed E-state index contributed by atoms with van der Waals surface area (Å²) in [6.45, 7) is 0. The van der Waals surface area contributed by atoms with Crippen molar-refractivity contribution in [1.82, 2.24) is 10.2 Å². The predicted octanol–water partition coefficient (Wildman–Crippen LogP) is 2.24. The highest BCUT2D eigenvalue weighted by Gasteiger charge is 1.99. The van der Waals surface area contributed by atoms with Gasteiger partial charge in [-0.1, -0.05) is 30.3 Å². The molecule has 78 valence electrons. The van der Waals surface area contributed by atoms with Gasteiger partial charge in [-0.05, 0) is 18.4 Å². The Bertz CT molecular complexity index is 406. The van der Waals surface area contributed by atoms with Crippen LogP contribution >= 0.6 is 0 Å². The monoisotopic (exact) mass is 201 g/mol. The first kappa shape index (κ1) is 9.77. The number of nitrogens with zero attached hydrogens (tertiary/aromatic N) is 1. The van der Waals surface area contributed by atoms with Crippen LogP contribution in [0.25, 0.3) is 0 Å². The first-order valence-electron chi connectivity index (χ1n) is 5.14. The van der Waals surface area contributed by atoms with Crippen molar-refractivity contribution < 1.29 is 0 Å². The van der Waals surface area contributed by atoms with Gasteiger partial charge < -0.3 is 5.32 Å². The molecule has 3 heteroatoms. The lowest BCUT2D eigenvalue weighted by Crippen LogP contribution is -1.90. The summed E-state index contributed by atoms with van der Waals surface area (Å²) in [5, 5.41) is 10.1. The van der Waals surface area contributed by atoms with E-state index in [1.807, 2.05) is 19.2 Å². The van der Waals surface area contributed by atoms with E-state index < -0.39 is 0 Å². The lowest BCUT2D eigenvalue weighted by atomic mass is 10.1. The minimum atomic E-state index is 0.901. The van der Waals surface area contributed by atoms with Crippen LogP contribution in [0.5, 0.6) is 0 Å². The van der Waals surface area contributed by atoms with Crippen molar-refractivity contribution in [1.29, 1.82) is 0 Å². The van der Waals surface area contributed by atoms with Crippen LogP contribution in [-0.4, -0.2) is 17.2 Å². The molecule has 0 aliphatic carbocycles. The zero-order chi connectivity index (χ0) is 10.5. The first-order valence-corrected chi connectivity index (χ1v) is 5.14. The van der Waals surface area contributed by atoms with Crippen molar-refractivity contribution in [2.45, 2.75) is 12.8 Å². The number of aromatic nitrogens is 2. The molecule has 0 bridgehead atoms. The highest BCUT2D eigenvalue weighted by molar-refractivity contribution is 5.34. The molecule has 2 aromatic rings. The Kier molecular flexibility index (Phi) is 3.02. The van der Waals surface area contributed by atoms with E-state index in [-0.39, 0.29) is 0 Å². The van der Waals surface area contributed by atoms with Crippen molar-refractivity contribution in [3.8, 4) is 0 Å². The molecule has 0 atom stereocenters. The molecule has 0 radical (unpaired) electrons. The lowest BCUT2D eigenvalue weighted by Gasteiger charge is -1.98. The fourth-order valence-corrected chi connectivity index (χ4v) is 1.54. The van der Waals surface area contributed by atoms with Crippen LogP contribution < -0.4 is 5.32 Å². The van der Waals surface area contributed by atoms with Gasteiger partial charge in [0, 0.05) is 18.8 Å². The number of rotatable bonds is 4. The van der Waals surface area contributed by atoms with Gasteiger partial charge in [-0.2, -0.15) is 5.10 Å². The van der Waals surface area contributed by atoms with E-state index in [1.165, 1.54) is 11.3 Å². The zero-order valence-electron chi connectivity index (χ0n) is 8.83. The highest BCUT2D eigenvalue weighted by atomic mass is 15.2. The van der Waals surface area contributed by atoms with Gasteiger partial charge in [0.1, 0.15) is 5.82 Å². The van der Waals surface area contributed by atoms with Crippen LogP contribution in [0.4, 0.5) is 5.82 Å². The van der Waals surface area contributed by atoms with E-state index >= 15 is 0 Å². The summed E-state index contributed by atoms with van der Waals surface area (Å²) in [6.07, 6.45) is 2.05. The fourth-order valence-electron chi connectivity index (χ4n) is 1.54. The van der Waals surface area contributed by atoms with Crippen LogP contribution in [0.3, 0.4) is 0 Å². The van der Waals surface area contributed by atoms with Crippen LogP contribution in [0.15, 0.2) is 36.4 Å². The van der Waals surface area contributed by atoms with Crippen LogP contribution in [0.2, 0.25) is 0 Å². The summed E-state index contributed by atoms with van der Waals surface area (Å²) in [5.41, 5.74) is 2.53. The minimum Gasteiger partial charge on any atom is -0.372 e. The molecule has 0 fully saturated rings. The molecule has 2 rings (SSSR count). The Hall–Kier alpha value is -1.77. The molecule has 0 unspecified atom stereocenters. The molecule has 1 aromatic carbocycles. The van der Waals surface area contributed by atoms with E-state index in [9.17, 15) is 0 Å². The molecular formula is C12H15N3. The predicted molar refractivity (Wildman–Crippen MR) is 62.0 cm³/mol. The quantitative estimate of drug-likeness (QED) is 0.796. The molecule has 0 saturated carbocycles. The van der Waals surface area contributed by atoms with E-state index in [2.05, 4.69) is 39.8 Å². The maximum atomic E-state index is 4.11. The minimum absolute atomic E-state index is 0.901. The smallest absolute Gasteiger partial charge is 0.147 e. The summed E-state index contributed by atoms with van der Waals surface area (Å²) in [5.74, 6) is 0.901. The number of H-pyrrole nitrogens is 1. The van der Waals surface area contributed by atoms with E-state index in [0.29, 0.717) is 0 Å². The molecule has 1 heterocycles. The largest absolute Gasteiger partial charge is 0.372 e. The Morgan fingerprint density at radius 2 is 2.00 bits per heavy atom. The number of benzene rings is 1. The third kappa shape index (κ3) is 2.59. The summed E-state index contributed by atoms with van der Waals surface area (Å²) < 4.78 is 0. The standard InChI is InChI=1S/C12H15N3/c1-13-12-9-11(14-15-12)8-7-10-5-3-2-4-6-10/h2-6,9H,7-8H2,1H3,(H2,13,14,15). The number of hydrogen-bond acceptors (Lipinski definition) is 2. The summed E-state index contributed by atoms with van der Waals surface area (Å²) in [7, 11) is 1.87. The van der Waals surface area contributed by atoms with Gasteiger partial charge in [0.05, 0.1) is 0 Å². The second-order valence-electron chi connectivity index (χ2n) is 3.51. The van der Waals surface area contributed by atoms with E-state index in [1.54, 1.807) is 0 Å². The van der Waals surface area contributed by atoms with Gasteiger partial charge in [0.15, 0.2) is 0 Å². The average Bonchev–Trinajstić information content (AvgIpc) is 2.76. The molecule has 1 aromatic heterocycles. The van der Waals surface area contributed by atoms with Crippen molar-refractivity contribution in [3.05, 3.63) is 47.7 Å². The van der Waals surface area contributed by atoms with Gasteiger partial charge >= 0.3 is 0 Å². The van der Waals surface area contributed by atoms with Crippen LogP contribution in [-0.2, 0) is 12.8 Å². The van der Waals surface area contributed by atoms with Crippen LogP contribution in [0, 0.1) is 0 Å². The normalized spacial score (nSPS) is 10.2. The second kappa shape index (κ2) is 4.64. The Labute approximate surface area is 89.5 Å². The van der Waals surface area contributed by atoms with E-state index in [4.69, 9.17) is 0 Å². The van der Waals surface area contributed by atoms with Crippen molar-refractivity contribution in [3.63, 3.8) is 0 Å². The van der Waals surface area contributed by atoms with Gasteiger partial charge in [0.25, 0.3) is 0 Å². The molecule has 0 spiro atoms. The number of hydrogen-bond donors (Lipinski definition) is 2. The SMILES string of the molecule is CNc1cc(CCc2ccccc2)[nH]n1. The molecule has 2 N–H and O–H groups in total. The summed E-state index contributed by atoms with van der Waals surface area (Å²) in [4.78, 5) is 0. The number of aromatic amines is 1. The maximum Gasteiger partial charge on any atom is 0.147 e. The number of nitrogens with one attached hydrogen (secondary N) is 2. The molecule has 0 saturated heterocycles. The topological polar surface area (TPSA) is 40.7 Å². The molecule has 0 aliphatic heterocycles. The first-order chi connectivity index (χ1) is 7.38. The molecule has 0 aliphatic rings. The Morgan fingerprint density at radius 3 is 2.67 bits per heavy atom. The lowest BCUT2D eigenvalue weighted by molar-refractivity contribution is 0.893. The Balaban J connectivity index is 1.93. The van der Waals surface area contributed by atoms with Crippen molar-refractivity contribution in [2.75, 3.05) is 12.4 Å². The third-order valence-electron chi connectivity index (χ3n) is 2.41. The summed E-state index contributed by atoms with van der Waals surface area (Å²) in [6, 6.07) is 12.5. The van der Waals surface area contributed by atoms with Crippen molar-refractivity contribution in [2.24, 2.45) is 0 Å². The zero-order valence-corrected chi connectivity index (χ0v) is 8.83. The summed E-state index contributed by atoms with van der Waals surface area (Å²) >= 11 is 0. The van der Waals surface area contributed by atoms with Gasteiger partial charge in [-0.25, -0.2) is 0 Å². The molecule has 3 nitrogen and oxygen atoms in total. The third-order valence-corrected chi connectivity index (χ3v) is 2.41. The van der Waals surface area contributed by atoms with Gasteiger partial charge in [-0.3, -0.25) is 5.10 Å². The van der Waals surface area contributed by atoms with Gasteiger partial charge in [-0.15, -0.1) is 0 Å². The fraction of sp³-hybridized carbons (Fsp3) is 0.250. The van der Waals surface area contributed by atoms with Crippen LogP contribution in [0.1, 0.15) is 11.3 Å². The molecular weight excluding hydrogens is 186 g/mol.